The fourth-order valence-electron chi connectivity index (χ4n) is 1.55. The first-order valence-corrected chi connectivity index (χ1v) is 5.32. The van der Waals surface area contributed by atoms with Crippen molar-refractivity contribution in [3.63, 3.8) is 0 Å². The van der Waals surface area contributed by atoms with Crippen molar-refractivity contribution in [1.82, 2.24) is 0 Å². The van der Waals surface area contributed by atoms with Crippen LogP contribution in [0.2, 0.25) is 0 Å². The van der Waals surface area contributed by atoms with E-state index in [1.807, 2.05) is 12.1 Å². The minimum absolute atomic E-state index is 0.0106. The molecule has 0 radical (unpaired) electrons. The predicted octanol–water partition coefficient (Wildman–Crippen LogP) is 1.67. The van der Waals surface area contributed by atoms with E-state index >= 15 is 0 Å². The average Bonchev–Trinajstić information content (AvgIpc) is 2.13. The number of rotatable bonds is 1. The molecule has 0 atom stereocenters. The number of hydrogen-bond donors (Lipinski definition) is 0. The van der Waals surface area contributed by atoms with Crippen LogP contribution in [0.5, 0.6) is 0 Å². The van der Waals surface area contributed by atoms with E-state index in [1.54, 1.807) is 12.1 Å². The summed E-state index contributed by atoms with van der Waals surface area (Å²) in [6.07, 6.45) is -0.164. The Morgan fingerprint density at radius 2 is 2.00 bits per heavy atom. The molecular weight excluding hydrogens is 201 g/mol. The maximum atomic E-state index is 8.78. The second-order valence-corrected chi connectivity index (χ2v) is 5.04. The molecule has 1 aromatic carbocycles. The SMILES string of the molecule is CC(C)(C)C1OB(c2cccc(C#N)c2)O1. The maximum Gasteiger partial charge on any atom is 0.497 e. The van der Waals surface area contributed by atoms with Gasteiger partial charge in [0, 0.05) is 5.41 Å². The van der Waals surface area contributed by atoms with Gasteiger partial charge in [-0.2, -0.15) is 5.26 Å². The molecule has 0 saturated carbocycles. The van der Waals surface area contributed by atoms with Gasteiger partial charge in [0.05, 0.1) is 11.6 Å². The van der Waals surface area contributed by atoms with Crippen LogP contribution in [0.25, 0.3) is 0 Å². The van der Waals surface area contributed by atoms with Gasteiger partial charge in [-0.3, -0.25) is 0 Å². The van der Waals surface area contributed by atoms with Gasteiger partial charge in [0.2, 0.25) is 0 Å². The van der Waals surface area contributed by atoms with E-state index in [4.69, 9.17) is 14.6 Å². The van der Waals surface area contributed by atoms with Crippen molar-refractivity contribution in [2.24, 2.45) is 5.41 Å². The first kappa shape index (κ1) is 11.2. The summed E-state index contributed by atoms with van der Waals surface area (Å²) in [7, 11) is -0.322. The van der Waals surface area contributed by atoms with E-state index in [0.29, 0.717) is 5.56 Å². The zero-order valence-electron chi connectivity index (χ0n) is 9.73. The maximum absolute atomic E-state index is 8.78. The minimum atomic E-state index is -0.322. The smallest absolute Gasteiger partial charge is 0.382 e. The number of benzene rings is 1. The lowest BCUT2D eigenvalue weighted by Gasteiger charge is -2.42. The first-order valence-electron chi connectivity index (χ1n) is 5.32. The lowest BCUT2D eigenvalue weighted by molar-refractivity contribution is -0.167. The van der Waals surface area contributed by atoms with E-state index in [1.165, 1.54) is 0 Å². The van der Waals surface area contributed by atoms with Crippen LogP contribution in [0.1, 0.15) is 26.3 Å². The quantitative estimate of drug-likeness (QED) is 0.669. The molecular formula is C12H14BNO2. The zero-order valence-corrected chi connectivity index (χ0v) is 9.73. The van der Waals surface area contributed by atoms with Crippen LogP contribution < -0.4 is 5.46 Å². The Bertz CT molecular complexity index is 427. The molecule has 0 aliphatic carbocycles. The molecule has 82 valence electrons. The van der Waals surface area contributed by atoms with Gasteiger partial charge in [0.1, 0.15) is 6.29 Å². The standard InChI is InChI=1S/C12H14BNO2/c1-12(2,3)11-15-13(16-11)10-6-4-5-9(7-10)8-14/h4-7,11H,1-3H3. The normalized spacial score (nSPS) is 16.8. The summed E-state index contributed by atoms with van der Waals surface area (Å²) in [6, 6.07) is 9.41. The monoisotopic (exact) mass is 215 g/mol. The lowest BCUT2D eigenvalue weighted by Crippen LogP contribution is -2.57. The van der Waals surface area contributed by atoms with Crippen LogP contribution in [-0.4, -0.2) is 13.4 Å². The van der Waals surface area contributed by atoms with Crippen LogP contribution >= 0.6 is 0 Å². The fraction of sp³-hybridized carbons (Fsp3) is 0.417. The zero-order chi connectivity index (χ0) is 11.8. The summed E-state index contributed by atoms with van der Waals surface area (Å²) in [5, 5.41) is 8.78. The van der Waals surface area contributed by atoms with Gasteiger partial charge in [0.15, 0.2) is 0 Å². The number of nitrogens with zero attached hydrogens (tertiary/aromatic N) is 1. The van der Waals surface area contributed by atoms with Gasteiger partial charge in [-0.05, 0) is 17.6 Å². The third kappa shape index (κ3) is 2.11. The van der Waals surface area contributed by atoms with Crippen LogP contribution in [-0.2, 0) is 9.31 Å². The van der Waals surface area contributed by atoms with Gasteiger partial charge in [0.25, 0.3) is 0 Å². The van der Waals surface area contributed by atoms with Crippen molar-refractivity contribution in [2.75, 3.05) is 0 Å². The van der Waals surface area contributed by atoms with Gasteiger partial charge in [-0.25, -0.2) is 0 Å². The minimum Gasteiger partial charge on any atom is -0.382 e. The summed E-state index contributed by atoms with van der Waals surface area (Å²) in [6.45, 7) is 6.21. The molecule has 2 rings (SSSR count). The van der Waals surface area contributed by atoms with E-state index in [2.05, 4.69) is 26.8 Å². The summed E-state index contributed by atoms with van der Waals surface area (Å²) in [4.78, 5) is 0. The van der Waals surface area contributed by atoms with E-state index in [0.717, 1.165) is 5.46 Å². The molecule has 1 heterocycles. The van der Waals surface area contributed by atoms with Crippen LogP contribution in [0.3, 0.4) is 0 Å². The molecule has 1 aliphatic heterocycles. The molecule has 0 unspecified atom stereocenters. The van der Waals surface area contributed by atoms with Crippen molar-refractivity contribution in [2.45, 2.75) is 27.1 Å². The highest BCUT2D eigenvalue weighted by atomic mass is 16.8. The van der Waals surface area contributed by atoms with Gasteiger partial charge < -0.3 is 9.31 Å². The summed E-state index contributed by atoms with van der Waals surface area (Å²) in [5.74, 6) is 0. The molecule has 0 aromatic heterocycles. The predicted molar refractivity (Wildman–Crippen MR) is 62.0 cm³/mol. The largest absolute Gasteiger partial charge is 0.497 e. The lowest BCUT2D eigenvalue weighted by atomic mass is 9.73. The van der Waals surface area contributed by atoms with Crippen molar-refractivity contribution in [3.8, 4) is 6.07 Å². The van der Waals surface area contributed by atoms with Gasteiger partial charge in [-0.1, -0.05) is 32.9 Å². The highest BCUT2D eigenvalue weighted by Gasteiger charge is 2.44. The molecule has 0 amide bonds. The molecule has 4 heteroatoms. The topological polar surface area (TPSA) is 42.2 Å². The average molecular weight is 215 g/mol. The summed E-state index contributed by atoms with van der Waals surface area (Å²) < 4.78 is 11.3. The van der Waals surface area contributed by atoms with Crippen molar-refractivity contribution >= 4 is 12.6 Å². The Hall–Kier alpha value is -1.31. The Morgan fingerprint density at radius 1 is 1.31 bits per heavy atom. The van der Waals surface area contributed by atoms with Crippen LogP contribution in [0.15, 0.2) is 24.3 Å². The Morgan fingerprint density at radius 3 is 2.56 bits per heavy atom. The second kappa shape index (κ2) is 3.93. The summed E-state index contributed by atoms with van der Waals surface area (Å²) >= 11 is 0. The Labute approximate surface area is 96.1 Å². The van der Waals surface area contributed by atoms with Crippen LogP contribution in [0.4, 0.5) is 0 Å². The molecule has 0 N–H and O–H groups in total. The third-order valence-corrected chi connectivity index (χ3v) is 2.49. The molecule has 16 heavy (non-hydrogen) atoms. The molecule has 1 fully saturated rings. The van der Waals surface area contributed by atoms with E-state index in [-0.39, 0.29) is 18.8 Å². The highest BCUT2D eigenvalue weighted by Crippen LogP contribution is 2.30. The van der Waals surface area contributed by atoms with Crippen molar-refractivity contribution in [1.29, 1.82) is 5.26 Å². The molecule has 1 aliphatic rings. The highest BCUT2D eigenvalue weighted by molar-refractivity contribution is 6.62. The van der Waals surface area contributed by atoms with E-state index in [9.17, 15) is 0 Å². The van der Waals surface area contributed by atoms with Gasteiger partial charge >= 0.3 is 7.12 Å². The first-order chi connectivity index (χ1) is 7.50. The Balaban J connectivity index is 2.05. The second-order valence-electron chi connectivity index (χ2n) is 5.04. The number of hydrogen-bond acceptors (Lipinski definition) is 3. The molecule has 0 bridgehead atoms. The fourth-order valence-corrected chi connectivity index (χ4v) is 1.55. The van der Waals surface area contributed by atoms with Crippen molar-refractivity contribution in [3.05, 3.63) is 29.8 Å². The molecule has 1 saturated heterocycles. The van der Waals surface area contributed by atoms with Crippen molar-refractivity contribution < 1.29 is 9.31 Å². The molecule has 1 aromatic rings. The third-order valence-electron chi connectivity index (χ3n) is 2.49. The van der Waals surface area contributed by atoms with E-state index < -0.39 is 0 Å². The molecule has 0 spiro atoms. The molecule has 3 nitrogen and oxygen atoms in total. The summed E-state index contributed by atoms with van der Waals surface area (Å²) in [5.41, 5.74) is 1.52. The number of nitriles is 1. The van der Waals surface area contributed by atoms with Gasteiger partial charge in [-0.15, -0.1) is 0 Å². The Kier molecular flexibility index (Phi) is 2.75. The van der Waals surface area contributed by atoms with Crippen LogP contribution in [0, 0.1) is 16.7 Å².